The van der Waals surface area contributed by atoms with Gasteiger partial charge in [0.15, 0.2) is 5.96 Å². The summed E-state index contributed by atoms with van der Waals surface area (Å²) in [5, 5.41) is 17.2. The number of hydrogen-bond donors (Lipinski definition) is 3. The van der Waals surface area contributed by atoms with Gasteiger partial charge in [0.05, 0.1) is 0 Å². The van der Waals surface area contributed by atoms with Crippen LogP contribution < -0.4 is 16.0 Å². The molecule has 0 aliphatic rings. The lowest BCUT2D eigenvalue weighted by Crippen LogP contribution is -2.49. The average molecular weight is 523 g/mol. The van der Waals surface area contributed by atoms with Gasteiger partial charge >= 0.3 is 6.09 Å². The Kier molecular flexibility index (Phi) is 14.4. The normalized spacial score (nSPS) is 12.7. The van der Waals surface area contributed by atoms with Crippen LogP contribution in [-0.2, 0) is 11.3 Å². The third-order valence-electron chi connectivity index (χ3n) is 3.96. The van der Waals surface area contributed by atoms with Crippen molar-refractivity contribution in [3.63, 3.8) is 0 Å². The molecule has 0 radical (unpaired) electrons. The maximum Gasteiger partial charge on any atom is 0.407 e. The fraction of sp³-hybridized carbons (Fsp3) is 0.789. The summed E-state index contributed by atoms with van der Waals surface area (Å²) < 4.78 is 7.28. The van der Waals surface area contributed by atoms with Crippen molar-refractivity contribution in [2.24, 2.45) is 4.99 Å². The van der Waals surface area contributed by atoms with Crippen molar-refractivity contribution in [1.29, 1.82) is 0 Å². The molecular weight excluding hydrogens is 485 g/mol. The van der Waals surface area contributed by atoms with E-state index < -0.39 is 11.7 Å². The fourth-order valence-corrected chi connectivity index (χ4v) is 2.55. The van der Waals surface area contributed by atoms with Gasteiger partial charge in [-0.2, -0.15) is 0 Å². The van der Waals surface area contributed by atoms with Gasteiger partial charge in [-0.25, -0.2) is 4.79 Å². The molecule has 0 aromatic carbocycles. The van der Waals surface area contributed by atoms with Crippen LogP contribution in [0.5, 0.6) is 0 Å². The molecule has 3 N–H and O–H groups in total. The zero-order chi connectivity index (χ0) is 20.8. The highest BCUT2D eigenvalue weighted by Gasteiger charge is 2.18. The number of aromatic nitrogens is 3. The SMILES string of the molecule is CCCCC(CNC(=O)OC(C)(C)C)NC(=NC)NCCCCn1cnnc1.I. The Morgan fingerprint density at radius 3 is 2.45 bits per heavy atom. The Hall–Kier alpha value is -1.59. The fourth-order valence-electron chi connectivity index (χ4n) is 2.55. The van der Waals surface area contributed by atoms with E-state index in [0.717, 1.165) is 51.2 Å². The van der Waals surface area contributed by atoms with E-state index in [1.807, 2.05) is 25.3 Å². The first-order valence-corrected chi connectivity index (χ1v) is 10.1. The standard InChI is InChI=1S/C19H37N7O2.HI/c1-6-7-10-16(13-22-18(27)28-19(2,3)4)25-17(20-5)21-11-8-9-12-26-14-23-24-15-26;/h14-16H,6-13H2,1-5H3,(H,22,27)(H2,20,21,25);1H. The molecule has 1 amide bonds. The number of nitrogens with one attached hydrogen (secondary N) is 3. The molecule has 10 heteroatoms. The van der Waals surface area contributed by atoms with E-state index in [4.69, 9.17) is 4.74 Å². The predicted octanol–water partition coefficient (Wildman–Crippen LogP) is 2.92. The number of rotatable bonds is 11. The number of alkyl carbamates (subject to hydrolysis) is 1. The minimum atomic E-state index is -0.499. The second-order valence-corrected chi connectivity index (χ2v) is 7.77. The van der Waals surface area contributed by atoms with Gasteiger partial charge in [0.2, 0.25) is 0 Å². The van der Waals surface area contributed by atoms with Crippen LogP contribution in [0.4, 0.5) is 4.79 Å². The number of nitrogens with zero attached hydrogens (tertiary/aromatic N) is 4. The Morgan fingerprint density at radius 1 is 1.17 bits per heavy atom. The van der Waals surface area contributed by atoms with E-state index in [2.05, 4.69) is 38.1 Å². The van der Waals surface area contributed by atoms with E-state index >= 15 is 0 Å². The van der Waals surface area contributed by atoms with Crippen molar-refractivity contribution in [2.75, 3.05) is 20.1 Å². The van der Waals surface area contributed by atoms with Crippen LogP contribution in [0.2, 0.25) is 0 Å². The lowest BCUT2D eigenvalue weighted by atomic mass is 10.1. The van der Waals surface area contributed by atoms with E-state index in [9.17, 15) is 4.79 Å². The van der Waals surface area contributed by atoms with Crippen molar-refractivity contribution in [2.45, 2.75) is 78.0 Å². The van der Waals surface area contributed by atoms with E-state index in [0.29, 0.717) is 6.54 Å². The van der Waals surface area contributed by atoms with Crippen molar-refractivity contribution >= 4 is 36.0 Å². The molecule has 0 spiro atoms. The van der Waals surface area contributed by atoms with Crippen molar-refractivity contribution in [3.8, 4) is 0 Å². The van der Waals surface area contributed by atoms with Crippen LogP contribution >= 0.6 is 24.0 Å². The minimum absolute atomic E-state index is 0. The summed E-state index contributed by atoms with van der Waals surface area (Å²) in [5.74, 6) is 0.747. The third-order valence-corrected chi connectivity index (χ3v) is 3.96. The molecule has 29 heavy (non-hydrogen) atoms. The summed E-state index contributed by atoms with van der Waals surface area (Å²) in [4.78, 5) is 16.2. The lowest BCUT2D eigenvalue weighted by Gasteiger charge is -2.24. The van der Waals surface area contributed by atoms with Gasteiger partial charge in [0.25, 0.3) is 0 Å². The minimum Gasteiger partial charge on any atom is -0.444 e. The Bertz CT molecular complexity index is 574. The number of aliphatic imine (C=N–C) groups is 1. The van der Waals surface area contributed by atoms with Gasteiger partial charge in [-0.05, 0) is 40.0 Å². The molecule has 0 saturated carbocycles. The third kappa shape index (κ3) is 14.1. The van der Waals surface area contributed by atoms with Crippen molar-refractivity contribution in [1.82, 2.24) is 30.7 Å². The number of unbranched alkanes of at least 4 members (excludes halogenated alkanes) is 2. The smallest absolute Gasteiger partial charge is 0.407 e. The first-order chi connectivity index (χ1) is 13.3. The summed E-state index contributed by atoms with van der Waals surface area (Å²) in [6.07, 6.45) is 8.21. The Morgan fingerprint density at radius 2 is 1.86 bits per heavy atom. The van der Waals surface area contributed by atoms with E-state index in [-0.39, 0.29) is 30.0 Å². The number of guanidine groups is 1. The van der Waals surface area contributed by atoms with Crippen molar-refractivity contribution < 1.29 is 9.53 Å². The summed E-state index contributed by atoms with van der Waals surface area (Å²) in [7, 11) is 1.75. The molecule has 0 aliphatic carbocycles. The number of aryl methyl sites for hydroxylation is 1. The summed E-state index contributed by atoms with van der Waals surface area (Å²) >= 11 is 0. The van der Waals surface area contributed by atoms with Gasteiger partial charge in [-0.3, -0.25) is 4.99 Å². The molecular formula is C19H38IN7O2. The van der Waals surface area contributed by atoms with Crippen LogP contribution in [-0.4, -0.2) is 58.6 Å². The Balaban J connectivity index is 0.00000784. The quantitative estimate of drug-likeness (QED) is 0.178. The van der Waals surface area contributed by atoms with Gasteiger partial charge in [0.1, 0.15) is 18.3 Å². The van der Waals surface area contributed by atoms with E-state index in [1.54, 1.807) is 19.7 Å². The number of hydrogen-bond acceptors (Lipinski definition) is 5. The Labute approximate surface area is 191 Å². The molecule has 1 aromatic rings. The summed E-state index contributed by atoms with van der Waals surface area (Å²) in [6, 6.07) is 0.0932. The van der Waals surface area contributed by atoms with Gasteiger partial charge < -0.3 is 25.3 Å². The van der Waals surface area contributed by atoms with Gasteiger partial charge in [-0.15, -0.1) is 34.2 Å². The second-order valence-electron chi connectivity index (χ2n) is 7.77. The van der Waals surface area contributed by atoms with Gasteiger partial charge in [-0.1, -0.05) is 19.8 Å². The van der Waals surface area contributed by atoms with Crippen LogP contribution in [0.1, 0.15) is 59.8 Å². The molecule has 1 aromatic heterocycles. The first-order valence-electron chi connectivity index (χ1n) is 10.1. The molecule has 1 heterocycles. The molecule has 1 atom stereocenters. The number of halogens is 1. The topological polar surface area (TPSA) is 105 Å². The molecule has 1 unspecified atom stereocenters. The summed E-state index contributed by atoms with van der Waals surface area (Å²) in [6.45, 7) is 9.93. The monoisotopic (exact) mass is 523 g/mol. The van der Waals surface area contributed by atoms with Gasteiger partial charge in [0, 0.05) is 32.7 Å². The molecule has 0 saturated heterocycles. The molecule has 9 nitrogen and oxygen atoms in total. The van der Waals surface area contributed by atoms with Crippen molar-refractivity contribution in [3.05, 3.63) is 12.7 Å². The molecule has 0 fully saturated rings. The predicted molar refractivity (Wildman–Crippen MR) is 127 cm³/mol. The number of carbonyl (C=O) groups is 1. The largest absolute Gasteiger partial charge is 0.444 e. The van der Waals surface area contributed by atoms with E-state index in [1.165, 1.54) is 0 Å². The molecule has 0 bridgehead atoms. The summed E-state index contributed by atoms with van der Waals surface area (Å²) in [5.41, 5.74) is -0.499. The second kappa shape index (κ2) is 15.3. The molecule has 0 aliphatic heterocycles. The average Bonchev–Trinajstić information content (AvgIpc) is 3.14. The number of amides is 1. The van der Waals surface area contributed by atoms with Crippen LogP contribution in [0.15, 0.2) is 17.6 Å². The van der Waals surface area contributed by atoms with Crippen LogP contribution in [0.25, 0.3) is 0 Å². The number of ether oxygens (including phenoxy) is 1. The zero-order valence-corrected chi connectivity index (χ0v) is 20.7. The maximum atomic E-state index is 11.9. The number of carbonyl (C=O) groups excluding carboxylic acids is 1. The highest BCUT2D eigenvalue weighted by Crippen LogP contribution is 2.07. The zero-order valence-electron chi connectivity index (χ0n) is 18.4. The van der Waals surface area contributed by atoms with Crippen LogP contribution in [0.3, 0.4) is 0 Å². The highest BCUT2D eigenvalue weighted by molar-refractivity contribution is 14.0. The maximum absolute atomic E-state index is 11.9. The van der Waals surface area contributed by atoms with Crippen LogP contribution in [0, 0.1) is 0 Å². The lowest BCUT2D eigenvalue weighted by molar-refractivity contribution is 0.0523. The molecule has 168 valence electrons. The highest BCUT2D eigenvalue weighted by atomic mass is 127. The molecule has 1 rings (SSSR count). The first kappa shape index (κ1) is 27.4.